The molecule has 12 N–H and O–H groups in total. The minimum absolute atomic E-state index is 0.0423. The third-order valence-corrected chi connectivity index (χ3v) is 18.1. The molecule has 1 aromatic heterocycles. The average molecular weight is 1070 g/mol. The highest BCUT2D eigenvalue weighted by Gasteiger charge is 2.44. The number of aromatic carboxylic acids is 1. The number of aromatic nitrogens is 2. The molecule has 6 atom stereocenters. The molecule has 1 saturated heterocycles. The van der Waals surface area contributed by atoms with Gasteiger partial charge in [-0.1, -0.05) is 45.9 Å². The highest BCUT2D eigenvalue weighted by Crippen LogP contribution is 2.66. The number of ketones is 1. The first kappa shape index (κ1) is 53.3. The Kier molecular flexibility index (Phi) is 16.0. The molecular weight excluding hydrogens is 1020 g/mol. The Bertz CT molecular complexity index is 2960. The van der Waals surface area contributed by atoms with E-state index in [9.17, 15) is 55.9 Å². The number of carbonyl (C=O) groups excluding carboxylic acids is 1. The number of phosphoric acid groups is 3. The molecule has 3 aromatic rings. The van der Waals surface area contributed by atoms with Crippen LogP contribution in [-0.2, 0) is 46.4 Å². The van der Waals surface area contributed by atoms with Crippen LogP contribution >= 0.6 is 45.1 Å². The van der Waals surface area contributed by atoms with Crippen LogP contribution < -0.4 is 27.6 Å². The number of allylic oxidation sites excluding steroid dienone is 1. The summed E-state index contributed by atoms with van der Waals surface area (Å²) >= 11 is 0. The van der Waals surface area contributed by atoms with Crippen LogP contribution in [0.25, 0.3) is 5.57 Å². The summed E-state index contributed by atoms with van der Waals surface area (Å²) in [6.45, 7) is 4.42. The second kappa shape index (κ2) is 20.4. The molecule has 1 aliphatic carbocycles. The standard InChI is InChI=1S/C37H44N5O20P3S3/c1-18-24(38)8-6-21-31(22-7-9-25(39)34(68(54,55)56)33(22)60-32(18)21)20-5-4-19(14-23(20)35(44)45)26(43)10-12-37(2,3)67-66-17-57-27-15-30(42-13-11-29(40)41-36(42)46)59-28(27)16-58-64(50,51)62-65(52,53)61-63(47,48)49/h4-9,11,13-14,25,27-28,30H,10,12,15-17,38-39H2,1-3H3,(H,44,45)(H,50,51)(H,52,53)(H2,40,41,46)(H2,47,48,49)(H,54,55,56)/t25?,27?,28-,30-/m1/s1. The lowest BCUT2D eigenvalue weighted by Gasteiger charge is -2.31. The Balaban J connectivity index is 1.13. The van der Waals surface area contributed by atoms with Crippen molar-refractivity contribution in [3.63, 3.8) is 0 Å². The molecule has 0 bridgehead atoms. The van der Waals surface area contributed by atoms with Gasteiger partial charge in [-0.05, 0) is 57.0 Å². The normalized spacial score (nSPS) is 21.4. The van der Waals surface area contributed by atoms with E-state index >= 15 is 0 Å². The maximum absolute atomic E-state index is 13.7. The molecule has 68 heavy (non-hydrogen) atoms. The van der Waals surface area contributed by atoms with Gasteiger partial charge in [0.2, 0.25) is 0 Å². The number of rotatable bonds is 20. The smallest absolute Gasteiger partial charge is 0.478 e. The van der Waals surface area contributed by atoms with Crippen molar-refractivity contribution in [1.82, 2.24) is 9.55 Å². The number of carboxylic acids is 1. The number of nitrogen functional groups attached to an aromatic ring is 2. The van der Waals surface area contributed by atoms with Gasteiger partial charge in [0.1, 0.15) is 34.7 Å². The molecule has 370 valence electrons. The Morgan fingerprint density at radius 3 is 2.37 bits per heavy atom. The second-order valence-electron chi connectivity index (χ2n) is 15.7. The number of carboxylic acid groups (broad SMARTS) is 1. The van der Waals surface area contributed by atoms with Crippen LogP contribution in [0.1, 0.15) is 76.7 Å². The first-order valence-electron chi connectivity index (χ1n) is 19.5. The van der Waals surface area contributed by atoms with Crippen LogP contribution in [-0.4, -0.2) is 94.5 Å². The third-order valence-electron chi connectivity index (χ3n) is 10.3. The van der Waals surface area contributed by atoms with Gasteiger partial charge in [0.15, 0.2) is 11.5 Å². The maximum atomic E-state index is 13.7. The lowest BCUT2D eigenvalue weighted by atomic mass is 9.83. The predicted molar refractivity (Wildman–Crippen MR) is 245 cm³/mol. The second-order valence-corrected chi connectivity index (χ2v) is 24.4. The molecular formula is C37H44N5O20P3S3. The van der Waals surface area contributed by atoms with Crippen LogP contribution in [0.15, 0.2) is 75.8 Å². The monoisotopic (exact) mass is 1070 g/mol. The van der Waals surface area contributed by atoms with Crippen LogP contribution in [0, 0.1) is 6.92 Å². The number of fused-ring (bicyclic) bond motifs is 2. The number of Topliss-reactive ketones (excluding diaryl/α,β-unsaturated/α-hetero) is 1. The summed E-state index contributed by atoms with van der Waals surface area (Å²) in [6.07, 6.45) is 0.927. The fraction of sp³-hybridized carbons (Fsp3) is 0.351. The van der Waals surface area contributed by atoms with E-state index in [4.69, 9.17) is 45.7 Å². The quantitative estimate of drug-likeness (QED) is 0.0144. The van der Waals surface area contributed by atoms with Gasteiger partial charge in [0.05, 0.1) is 24.3 Å². The van der Waals surface area contributed by atoms with Crippen molar-refractivity contribution in [2.75, 3.05) is 24.0 Å². The van der Waals surface area contributed by atoms with Gasteiger partial charge in [0, 0.05) is 57.3 Å². The zero-order valence-corrected chi connectivity index (χ0v) is 40.8. The molecule has 31 heteroatoms. The number of anilines is 2. The summed E-state index contributed by atoms with van der Waals surface area (Å²) in [6, 6.07) is 7.25. The average Bonchev–Trinajstić information content (AvgIpc) is 3.61. The van der Waals surface area contributed by atoms with E-state index in [2.05, 4.69) is 13.6 Å². The van der Waals surface area contributed by atoms with Crippen molar-refractivity contribution in [1.29, 1.82) is 0 Å². The Morgan fingerprint density at radius 1 is 1.03 bits per heavy atom. The van der Waals surface area contributed by atoms with E-state index in [0.29, 0.717) is 11.1 Å². The number of carbonyl (C=O) groups is 2. The predicted octanol–water partition coefficient (Wildman–Crippen LogP) is 4.40. The highest BCUT2D eigenvalue weighted by atomic mass is 33.1. The van der Waals surface area contributed by atoms with Gasteiger partial charge >= 0.3 is 35.1 Å². The first-order chi connectivity index (χ1) is 31.5. The topological polar surface area (TPSA) is 409 Å². The van der Waals surface area contributed by atoms with Crippen LogP contribution in [0.3, 0.4) is 0 Å². The SMILES string of the molecule is Cc1c(N)ccc2c1OC1=C(S(=O)(=O)O)C(N)C=CC1=C2c1ccc(C(=O)CCC(C)(C)SSCOC2C[C@H](n3ccc(N)nc3=O)O[C@@H]2COP(=O)(O)OP(=O)(O)OP(=O)(O)O)cc1C(=O)O. The molecule has 4 unspecified atom stereocenters. The van der Waals surface area contributed by atoms with Gasteiger partial charge < -0.3 is 56.1 Å². The lowest BCUT2D eigenvalue weighted by molar-refractivity contribution is -0.0543. The lowest BCUT2D eigenvalue weighted by Crippen LogP contribution is -2.32. The summed E-state index contributed by atoms with van der Waals surface area (Å²) in [5.74, 6) is -2.16. The van der Waals surface area contributed by atoms with E-state index < -0.39 is 91.8 Å². The molecule has 25 nitrogen and oxygen atoms in total. The number of nitrogens with zero attached hydrogens (tertiary/aromatic N) is 2. The fourth-order valence-electron chi connectivity index (χ4n) is 7.14. The van der Waals surface area contributed by atoms with Gasteiger partial charge in [0.25, 0.3) is 10.1 Å². The molecule has 0 saturated carbocycles. The van der Waals surface area contributed by atoms with E-state index in [1.165, 1.54) is 64.2 Å². The van der Waals surface area contributed by atoms with Crippen molar-refractivity contribution in [2.24, 2.45) is 5.73 Å². The van der Waals surface area contributed by atoms with Gasteiger partial charge in [-0.2, -0.15) is 22.0 Å². The highest BCUT2D eigenvalue weighted by molar-refractivity contribution is 8.77. The fourth-order valence-corrected chi connectivity index (χ4v) is 13.3. The van der Waals surface area contributed by atoms with Crippen molar-refractivity contribution in [3.8, 4) is 5.75 Å². The molecule has 3 heterocycles. The number of benzene rings is 2. The van der Waals surface area contributed by atoms with Crippen molar-refractivity contribution in [2.45, 2.75) is 69.3 Å². The zero-order chi connectivity index (χ0) is 50.3. The molecule has 2 aliphatic heterocycles. The van der Waals surface area contributed by atoms with E-state index in [-0.39, 0.29) is 76.1 Å². The van der Waals surface area contributed by atoms with Gasteiger partial charge in [-0.3, -0.25) is 18.4 Å². The number of hydrogen-bond donors (Lipinski definition) is 9. The van der Waals surface area contributed by atoms with Crippen molar-refractivity contribution < 1.29 is 88.3 Å². The van der Waals surface area contributed by atoms with Crippen molar-refractivity contribution >= 4 is 84.0 Å². The number of nitrogens with two attached hydrogens (primary N) is 3. The molecule has 2 aromatic carbocycles. The van der Waals surface area contributed by atoms with Crippen LogP contribution in [0.5, 0.6) is 5.75 Å². The zero-order valence-electron chi connectivity index (χ0n) is 35.6. The number of hydrogen-bond acceptors (Lipinski definition) is 20. The van der Waals surface area contributed by atoms with Crippen LogP contribution in [0.2, 0.25) is 0 Å². The molecule has 6 rings (SSSR count). The largest absolute Gasteiger partial charge is 0.490 e. The van der Waals surface area contributed by atoms with E-state index in [0.717, 1.165) is 4.57 Å². The Morgan fingerprint density at radius 2 is 1.72 bits per heavy atom. The van der Waals surface area contributed by atoms with Crippen molar-refractivity contribution in [3.05, 3.63) is 109 Å². The van der Waals surface area contributed by atoms with Gasteiger partial charge in [-0.25, -0.2) is 23.3 Å². The number of ether oxygens (including phenoxy) is 3. The molecule has 0 radical (unpaired) electrons. The molecule has 0 spiro atoms. The van der Waals surface area contributed by atoms with E-state index in [1.807, 2.05) is 13.8 Å². The van der Waals surface area contributed by atoms with Crippen LogP contribution in [0.4, 0.5) is 11.5 Å². The number of phosphoric ester groups is 1. The Labute approximate surface area is 394 Å². The summed E-state index contributed by atoms with van der Waals surface area (Å²) < 4.78 is 101. The molecule has 0 amide bonds. The summed E-state index contributed by atoms with van der Waals surface area (Å²) in [5.41, 5.74) is 18.2. The molecule has 1 fully saturated rings. The first-order valence-corrected chi connectivity index (χ1v) is 27.8. The molecule has 3 aliphatic rings. The summed E-state index contributed by atoms with van der Waals surface area (Å²) in [7, 11) is -19.4. The third kappa shape index (κ3) is 12.8. The van der Waals surface area contributed by atoms with E-state index in [1.54, 1.807) is 19.1 Å². The Hall–Kier alpha value is -4.02. The summed E-state index contributed by atoms with van der Waals surface area (Å²) in [4.78, 5) is 79.2. The minimum Gasteiger partial charge on any atom is -0.478 e. The maximum Gasteiger partial charge on any atom is 0.490 e. The summed E-state index contributed by atoms with van der Waals surface area (Å²) in [5, 5.41) is 10.5. The van der Waals surface area contributed by atoms with Gasteiger partial charge in [-0.15, -0.1) is 0 Å². The minimum atomic E-state index is -5.82.